The van der Waals surface area contributed by atoms with E-state index in [0.29, 0.717) is 6.42 Å². The van der Waals surface area contributed by atoms with E-state index in [-0.39, 0.29) is 5.41 Å². The molecule has 0 saturated heterocycles. The van der Waals surface area contributed by atoms with Crippen molar-refractivity contribution in [3.05, 3.63) is 30.0 Å². The van der Waals surface area contributed by atoms with Gasteiger partial charge in [-0.1, -0.05) is 25.1 Å². The molecule has 0 aliphatic heterocycles. The summed E-state index contributed by atoms with van der Waals surface area (Å²) in [6.07, 6.45) is 2.87. The van der Waals surface area contributed by atoms with Gasteiger partial charge in [0.2, 0.25) is 0 Å². The maximum atomic E-state index is 10.8. The average molecular weight is 258 g/mol. The Bertz CT molecular complexity index is 608. The largest absolute Gasteiger partial charge is 0.389 e. The van der Waals surface area contributed by atoms with Crippen molar-refractivity contribution >= 4 is 10.9 Å². The van der Waals surface area contributed by atoms with Crippen molar-refractivity contribution in [2.75, 3.05) is 0 Å². The van der Waals surface area contributed by atoms with Gasteiger partial charge in [0.05, 0.1) is 16.8 Å². The SMILES string of the molecule is CCn1nc(CC(C)(O)C2(C)CC2)c2ccccc21. The number of rotatable bonds is 4. The van der Waals surface area contributed by atoms with E-state index in [9.17, 15) is 5.11 Å². The van der Waals surface area contributed by atoms with Gasteiger partial charge in [-0.25, -0.2) is 0 Å². The second-order valence-electron chi connectivity index (χ2n) is 6.29. The van der Waals surface area contributed by atoms with E-state index in [1.807, 2.05) is 23.7 Å². The predicted molar refractivity (Wildman–Crippen MR) is 77.1 cm³/mol. The summed E-state index contributed by atoms with van der Waals surface area (Å²) in [4.78, 5) is 0. The molecule has 0 amide bonds. The van der Waals surface area contributed by atoms with Gasteiger partial charge < -0.3 is 5.11 Å². The molecule has 1 aliphatic carbocycles. The number of benzene rings is 1. The molecule has 3 nitrogen and oxygen atoms in total. The van der Waals surface area contributed by atoms with Crippen LogP contribution in [-0.2, 0) is 13.0 Å². The van der Waals surface area contributed by atoms with E-state index in [1.165, 1.54) is 5.39 Å². The quantitative estimate of drug-likeness (QED) is 0.914. The zero-order valence-electron chi connectivity index (χ0n) is 12.0. The maximum absolute atomic E-state index is 10.8. The first kappa shape index (κ1) is 12.7. The Morgan fingerprint density at radius 2 is 2.05 bits per heavy atom. The standard InChI is InChI=1S/C16H22N2O/c1-4-18-14-8-6-5-7-12(14)13(17-18)11-16(3,19)15(2)9-10-15/h5-8,19H,4,9-11H2,1-3H3. The van der Waals surface area contributed by atoms with Crippen LogP contribution in [0, 0.1) is 5.41 Å². The molecule has 1 N–H and O–H groups in total. The zero-order chi connectivity index (χ0) is 13.7. The number of aromatic nitrogens is 2. The lowest BCUT2D eigenvalue weighted by molar-refractivity contribution is -0.00768. The van der Waals surface area contributed by atoms with Crippen molar-refractivity contribution in [2.24, 2.45) is 5.41 Å². The molecule has 1 heterocycles. The molecular formula is C16H22N2O. The molecule has 19 heavy (non-hydrogen) atoms. The van der Waals surface area contributed by atoms with Crippen molar-refractivity contribution in [3.63, 3.8) is 0 Å². The summed E-state index contributed by atoms with van der Waals surface area (Å²) in [5, 5.41) is 16.6. The summed E-state index contributed by atoms with van der Waals surface area (Å²) >= 11 is 0. The highest BCUT2D eigenvalue weighted by molar-refractivity contribution is 5.82. The summed E-state index contributed by atoms with van der Waals surface area (Å²) < 4.78 is 2.02. The molecule has 1 saturated carbocycles. The minimum absolute atomic E-state index is 0.0735. The minimum Gasteiger partial charge on any atom is -0.389 e. The summed E-state index contributed by atoms with van der Waals surface area (Å²) in [6.45, 7) is 7.09. The fraction of sp³-hybridized carbons (Fsp3) is 0.562. The van der Waals surface area contributed by atoms with Crippen LogP contribution in [0.15, 0.2) is 24.3 Å². The van der Waals surface area contributed by atoms with Gasteiger partial charge in [0, 0.05) is 18.4 Å². The third-order valence-corrected chi connectivity index (χ3v) is 4.85. The number of fused-ring (bicyclic) bond motifs is 1. The van der Waals surface area contributed by atoms with E-state index < -0.39 is 5.60 Å². The Balaban J connectivity index is 2.01. The summed E-state index contributed by atoms with van der Waals surface area (Å²) in [5.74, 6) is 0. The highest BCUT2D eigenvalue weighted by Gasteiger charge is 2.52. The zero-order valence-corrected chi connectivity index (χ0v) is 12.0. The van der Waals surface area contributed by atoms with Crippen molar-refractivity contribution < 1.29 is 5.11 Å². The lowest BCUT2D eigenvalue weighted by Crippen LogP contribution is -2.37. The molecule has 1 aliphatic rings. The van der Waals surface area contributed by atoms with Gasteiger partial charge >= 0.3 is 0 Å². The third kappa shape index (κ3) is 1.96. The number of para-hydroxylation sites is 1. The summed E-state index contributed by atoms with van der Waals surface area (Å²) in [7, 11) is 0. The summed E-state index contributed by atoms with van der Waals surface area (Å²) in [5.41, 5.74) is 1.60. The van der Waals surface area contributed by atoms with Crippen LogP contribution in [0.2, 0.25) is 0 Å². The molecule has 1 fully saturated rings. The van der Waals surface area contributed by atoms with Crippen molar-refractivity contribution in [2.45, 2.75) is 52.2 Å². The molecule has 0 radical (unpaired) electrons. The Labute approximate surface area is 114 Å². The second-order valence-corrected chi connectivity index (χ2v) is 6.29. The van der Waals surface area contributed by atoms with Gasteiger partial charge in [-0.05, 0) is 38.2 Å². The monoisotopic (exact) mass is 258 g/mol. The van der Waals surface area contributed by atoms with Crippen molar-refractivity contribution in [1.82, 2.24) is 9.78 Å². The van der Waals surface area contributed by atoms with E-state index in [1.54, 1.807) is 0 Å². The number of nitrogens with zero attached hydrogens (tertiary/aromatic N) is 2. The molecule has 3 rings (SSSR count). The van der Waals surface area contributed by atoms with Gasteiger partial charge in [-0.15, -0.1) is 0 Å². The van der Waals surface area contributed by atoms with E-state index >= 15 is 0 Å². The summed E-state index contributed by atoms with van der Waals surface area (Å²) in [6, 6.07) is 8.29. The normalized spacial score (nSPS) is 20.4. The van der Waals surface area contributed by atoms with E-state index in [0.717, 1.165) is 30.6 Å². The first-order chi connectivity index (χ1) is 8.97. The van der Waals surface area contributed by atoms with Gasteiger partial charge in [0.1, 0.15) is 0 Å². The lowest BCUT2D eigenvalue weighted by atomic mass is 9.83. The van der Waals surface area contributed by atoms with E-state index in [4.69, 9.17) is 5.10 Å². The Morgan fingerprint density at radius 1 is 1.37 bits per heavy atom. The molecule has 0 bridgehead atoms. The van der Waals surface area contributed by atoms with Crippen LogP contribution < -0.4 is 0 Å². The lowest BCUT2D eigenvalue weighted by Gasteiger charge is -2.29. The second kappa shape index (κ2) is 4.07. The first-order valence-corrected chi connectivity index (χ1v) is 7.14. The third-order valence-electron chi connectivity index (χ3n) is 4.85. The van der Waals surface area contributed by atoms with Crippen LogP contribution in [0.5, 0.6) is 0 Å². The van der Waals surface area contributed by atoms with Gasteiger partial charge in [0.25, 0.3) is 0 Å². The molecule has 1 unspecified atom stereocenters. The maximum Gasteiger partial charge on any atom is 0.0732 e. The van der Waals surface area contributed by atoms with Crippen LogP contribution >= 0.6 is 0 Å². The molecule has 2 aromatic rings. The van der Waals surface area contributed by atoms with Crippen molar-refractivity contribution in [1.29, 1.82) is 0 Å². The van der Waals surface area contributed by atoms with Gasteiger partial charge in [-0.3, -0.25) is 4.68 Å². The number of hydrogen-bond donors (Lipinski definition) is 1. The average Bonchev–Trinajstić information content (AvgIpc) is 3.05. The fourth-order valence-electron chi connectivity index (χ4n) is 2.83. The number of hydrogen-bond acceptors (Lipinski definition) is 2. The fourth-order valence-corrected chi connectivity index (χ4v) is 2.83. The predicted octanol–water partition coefficient (Wildman–Crippen LogP) is 3.15. The Kier molecular flexibility index (Phi) is 2.72. The van der Waals surface area contributed by atoms with Crippen LogP contribution in [0.25, 0.3) is 10.9 Å². The highest BCUT2D eigenvalue weighted by atomic mass is 16.3. The highest BCUT2D eigenvalue weighted by Crippen LogP contribution is 2.54. The molecular weight excluding hydrogens is 236 g/mol. The molecule has 1 atom stereocenters. The van der Waals surface area contributed by atoms with Gasteiger partial charge in [0.15, 0.2) is 0 Å². The number of aliphatic hydroxyl groups is 1. The van der Waals surface area contributed by atoms with Crippen LogP contribution in [-0.4, -0.2) is 20.5 Å². The van der Waals surface area contributed by atoms with Crippen LogP contribution in [0.3, 0.4) is 0 Å². The Morgan fingerprint density at radius 3 is 2.68 bits per heavy atom. The topological polar surface area (TPSA) is 38.0 Å². The van der Waals surface area contributed by atoms with Crippen LogP contribution in [0.4, 0.5) is 0 Å². The number of aryl methyl sites for hydroxylation is 1. The van der Waals surface area contributed by atoms with E-state index in [2.05, 4.69) is 26.0 Å². The van der Waals surface area contributed by atoms with Crippen molar-refractivity contribution in [3.8, 4) is 0 Å². The van der Waals surface area contributed by atoms with Gasteiger partial charge in [-0.2, -0.15) is 5.10 Å². The minimum atomic E-state index is -0.664. The molecule has 0 spiro atoms. The molecule has 3 heteroatoms. The Hall–Kier alpha value is -1.35. The molecule has 1 aromatic carbocycles. The first-order valence-electron chi connectivity index (χ1n) is 7.14. The molecule has 102 valence electrons. The van der Waals surface area contributed by atoms with Crippen LogP contribution in [0.1, 0.15) is 39.3 Å². The molecule has 1 aromatic heterocycles. The smallest absolute Gasteiger partial charge is 0.0732 e.